The molecule has 0 N–H and O–H groups in total. The first kappa shape index (κ1) is 58.0. The van der Waals surface area contributed by atoms with Crippen LogP contribution in [-0.2, 0) is 0 Å². The predicted octanol–water partition coefficient (Wildman–Crippen LogP) is -37.9. The molecule has 0 spiro atoms. The van der Waals surface area contributed by atoms with Gasteiger partial charge in [-0.25, -0.2) is 0 Å². The zero-order chi connectivity index (χ0) is 59.6. The van der Waals surface area contributed by atoms with Crippen LogP contribution in [0.25, 0.3) is 109 Å². The lowest BCUT2D eigenvalue weighted by Gasteiger charge is -2.32. The van der Waals surface area contributed by atoms with Crippen LogP contribution in [-0.4, -0.2) is 235 Å². The molecule has 0 radical (unpaired) electrons. The van der Waals surface area contributed by atoms with Crippen molar-refractivity contribution < 1.29 is 4.42 Å². The molecule has 0 bridgehead atoms. The van der Waals surface area contributed by atoms with Gasteiger partial charge in [-0.2, -0.15) is 0 Å². The average Bonchev–Trinajstić information content (AvgIpc) is 3.95. The van der Waals surface area contributed by atoms with Gasteiger partial charge < -0.3 is 4.42 Å². The molecule has 1 heterocycles. The summed E-state index contributed by atoms with van der Waals surface area (Å²) in [6.07, 6.45) is 0. The van der Waals surface area contributed by atoms with E-state index in [0.29, 0.717) is 0 Å². The minimum absolute atomic E-state index is 1.02. The SMILES string of the molecule is Bc1c(B)c(-c2c(B)c(B)c3c(B)c(B)c4c(B)c(B)c(B)c(B)c4c3c2B)c(B)c(-c2c3c(B)c(B)c(B)c(B)c3c(-c3c(B)c(B)c4oc5c(B)c6c(B)c(B)c(B)c(B)c6c(B)c5c4c3B)c3c(B)c(B)c(B)c(B)c23)c1B. The second kappa shape index (κ2) is 19.4. The van der Waals surface area contributed by atoms with Crippen molar-refractivity contribution in [3.05, 3.63) is 0 Å². The van der Waals surface area contributed by atoms with Crippen LogP contribution in [0.1, 0.15) is 0 Å². The van der Waals surface area contributed by atoms with Crippen LogP contribution >= 0.6 is 0 Å². The average molecular weight is 1000 g/mol. The lowest BCUT2D eigenvalue weighted by atomic mass is 9.55. The maximum absolute atomic E-state index is 7.32. The van der Waals surface area contributed by atoms with Crippen molar-refractivity contribution in [2.24, 2.45) is 0 Å². The Bertz CT molecular complexity index is 4850. The third-order valence-corrected chi connectivity index (χ3v) is 23.4. The Morgan fingerprint density at radius 1 is 0.111 bits per heavy atom. The Hall–Kier alpha value is -4.75. The molecule has 0 saturated carbocycles. The smallest absolute Gasteiger partial charge is 0.145 e. The minimum atomic E-state index is 1.02. The predicted molar refractivity (Wildman–Crippen MR) is 463 cm³/mol. The van der Waals surface area contributed by atoms with Crippen molar-refractivity contribution in [3.63, 3.8) is 0 Å². The Labute approximate surface area is 509 Å². The van der Waals surface area contributed by atoms with E-state index in [0.717, 1.165) is 11.2 Å². The Kier molecular flexibility index (Phi) is 13.9. The van der Waals surface area contributed by atoms with Crippen LogP contribution < -0.4 is 164 Å². The van der Waals surface area contributed by atoms with Crippen molar-refractivity contribution in [2.75, 3.05) is 0 Å². The first-order chi connectivity index (χ1) is 37.8. The molecule has 31 heteroatoms. The maximum Gasteiger partial charge on any atom is 0.145 e. The first-order valence-electron chi connectivity index (χ1n) is 30.2. The van der Waals surface area contributed by atoms with E-state index >= 15 is 0 Å². The van der Waals surface area contributed by atoms with Gasteiger partial charge in [0.25, 0.3) is 0 Å². The normalized spacial score (nSPS) is 12.0. The molecule has 11 rings (SSSR count). The monoisotopic (exact) mass is 1010 g/mol. The topological polar surface area (TPSA) is 13.1 Å². The first-order valence-corrected chi connectivity index (χ1v) is 30.2. The molecule has 356 valence electrons. The van der Waals surface area contributed by atoms with E-state index in [1.165, 1.54) is 262 Å². The van der Waals surface area contributed by atoms with Gasteiger partial charge in [0.05, 0.1) is 0 Å². The van der Waals surface area contributed by atoms with Gasteiger partial charge in [-0.15, -0.1) is 49.2 Å². The largest absolute Gasteiger partial charge is 0.457 e. The highest BCUT2D eigenvalue weighted by atomic mass is 16.3. The second-order valence-electron chi connectivity index (χ2n) is 26.3. The van der Waals surface area contributed by atoms with Crippen LogP contribution in [0.4, 0.5) is 0 Å². The van der Waals surface area contributed by atoms with Crippen molar-refractivity contribution in [3.8, 4) is 33.4 Å². The summed E-state index contributed by atoms with van der Waals surface area (Å²) in [6.45, 7) is 0. The van der Waals surface area contributed by atoms with Gasteiger partial charge in [-0.05, 0) is 92.7 Å². The highest BCUT2D eigenvalue weighted by Crippen LogP contribution is 2.40. The lowest BCUT2D eigenvalue weighted by Crippen LogP contribution is -2.52. The summed E-state index contributed by atoms with van der Waals surface area (Å²) in [4.78, 5) is 0. The molecule has 0 saturated heterocycles. The molecule has 10 aromatic carbocycles. The van der Waals surface area contributed by atoms with Crippen LogP contribution in [0.15, 0.2) is 4.42 Å². The molecular formula is C50H60B30O. The van der Waals surface area contributed by atoms with Gasteiger partial charge in [-0.3, -0.25) is 0 Å². The standard InChI is InChI=1S/C50H60B30O/c51-19-7-8-12(33(65)45(77)44(76)27(8)59)30(62)28(60)11(7)29(61)31(63)13(19)14-20(52)9(32(64)39(71)34(14)66)1-3-5(25(57)42(74)40(72)23(3)55)2(6-4(1)24(56)41(73)43(75)26(6)58)10-21(53)18-17-22(54)15-16(36(68)47(79)46(78)35(15)67)38(70)49(17)81-50(18)48(80)37(10)69/h51-80H2. The summed E-state index contributed by atoms with van der Waals surface area (Å²) >= 11 is 0. The molecule has 1 nitrogen and oxygen atoms in total. The summed E-state index contributed by atoms with van der Waals surface area (Å²) in [7, 11) is 71.5. The van der Waals surface area contributed by atoms with Gasteiger partial charge in [0, 0.05) is 10.8 Å². The number of hydrogen-bond donors (Lipinski definition) is 0. The van der Waals surface area contributed by atoms with Crippen molar-refractivity contribution in [1.29, 1.82) is 0 Å². The highest BCUT2D eigenvalue weighted by Gasteiger charge is 2.32. The lowest BCUT2D eigenvalue weighted by molar-refractivity contribution is 0.675. The third kappa shape index (κ3) is 7.30. The van der Waals surface area contributed by atoms with Crippen LogP contribution in [0.2, 0.25) is 0 Å². The van der Waals surface area contributed by atoms with E-state index in [-0.39, 0.29) is 0 Å². The summed E-state index contributed by atoms with van der Waals surface area (Å²) in [5, 5.41) is 16.6. The van der Waals surface area contributed by atoms with E-state index < -0.39 is 0 Å². The van der Waals surface area contributed by atoms with Crippen molar-refractivity contribution in [1.82, 2.24) is 0 Å². The van der Waals surface area contributed by atoms with Crippen molar-refractivity contribution >= 4 is 475 Å². The molecule has 11 aromatic rings. The van der Waals surface area contributed by atoms with E-state index in [1.807, 2.05) is 0 Å². The zero-order valence-corrected chi connectivity index (χ0v) is 55.4. The van der Waals surface area contributed by atoms with Gasteiger partial charge in [0.2, 0.25) is 0 Å². The Morgan fingerprint density at radius 3 is 0.704 bits per heavy atom. The molecular weight excluding hydrogens is 941 g/mol. The van der Waals surface area contributed by atoms with E-state index in [1.54, 1.807) is 0 Å². The molecule has 0 aliphatic rings. The molecule has 0 aliphatic carbocycles. The summed E-state index contributed by atoms with van der Waals surface area (Å²) < 4.78 is 7.32. The summed E-state index contributed by atoms with van der Waals surface area (Å²) in [5.41, 5.74) is 51.4. The Morgan fingerprint density at radius 2 is 0.309 bits per heavy atom. The number of benzene rings is 10. The van der Waals surface area contributed by atoms with Gasteiger partial charge in [-0.1, -0.05) is 109 Å². The van der Waals surface area contributed by atoms with Crippen LogP contribution in [0, 0.1) is 0 Å². The minimum Gasteiger partial charge on any atom is -0.457 e. The highest BCUT2D eigenvalue weighted by molar-refractivity contribution is 6.79. The van der Waals surface area contributed by atoms with E-state index in [9.17, 15) is 0 Å². The van der Waals surface area contributed by atoms with Gasteiger partial charge in [0.1, 0.15) is 247 Å². The fourth-order valence-electron chi connectivity index (χ4n) is 16.8. The number of rotatable bonds is 3. The molecule has 81 heavy (non-hydrogen) atoms. The summed E-state index contributed by atoms with van der Waals surface area (Å²) in [5.74, 6) is 0. The van der Waals surface area contributed by atoms with Gasteiger partial charge in [0.15, 0.2) is 0 Å². The van der Waals surface area contributed by atoms with E-state index in [2.05, 4.69) is 235 Å². The zero-order valence-electron chi connectivity index (χ0n) is 55.4. The van der Waals surface area contributed by atoms with Crippen molar-refractivity contribution in [2.45, 2.75) is 0 Å². The third-order valence-electron chi connectivity index (χ3n) is 23.4. The number of hydrogen-bond acceptors (Lipinski definition) is 1. The summed E-state index contributed by atoms with van der Waals surface area (Å²) in [6, 6.07) is 0. The maximum atomic E-state index is 7.32. The van der Waals surface area contributed by atoms with Gasteiger partial charge >= 0.3 is 0 Å². The molecule has 0 unspecified atom stereocenters. The molecule has 0 atom stereocenters. The fraction of sp³-hybridized carbons (Fsp3) is 0. The molecule has 0 amide bonds. The molecule has 1 aromatic heterocycles. The second-order valence-corrected chi connectivity index (χ2v) is 26.3. The quantitative estimate of drug-likeness (QED) is 0.0977. The number of furan rings is 1. The Balaban J connectivity index is 1.38. The van der Waals surface area contributed by atoms with Crippen LogP contribution in [0.3, 0.4) is 0 Å². The molecule has 0 aliphatic heterocycles. The number of fused-ring (bicyclic) bond motifs is 9. The van der Waals surface area contributed by atoms with E-state index in [4.69, 9.17) is 4.42 Å². The molecule has 0 fully saturated rings. The fourth-order valence-corrected chi connectivity index (χ4v) is 16.8. The van der Waals surface area contributed by atoms with Crippen LogP contribution in [0.5, 0.6) is 0 Å².